The summed E-state index contributed by atoms with van der Waals surface area (Å²) in [5.74, 6) is 0.185. The monoisotopic (exact) mass is 333 g/mol. The predicted octanol–water partition coefficient (Wildman–Crippen LogP) is 1.67. The maximum Gasteiger partial charge on any atom is 0.273 e. The first-order valence-electron chi connectivity index (χ1n) is 8.46. The van der Waals surface area contributed by atoms with Crippen LogP contribution in [0.5, 0.6) is 0 Å². The van der Waals surface area contributed by atoms with Gasteiger partial charge in [0.05, 0.1) is 24.1 Å². The lowest BCUT2D eigenvalue weighted by molar-refractivity contribution is -0.385. The molecule has 0 spiro atoms. The summed E-state index contributed by atoms with van der Waals surface area (Å²) in [7, 11) is 0. The van der Waals surface area contributed by atoms with E-state index in [0.717, 1.165) is 19.4 Å². The van der Waals surface area contributed by atoms with Gasteiger partial charge in [0.2, 0.25) is 5.91 Å². The van der Waals surface area contributed by atoms with Gasteiger partial charge in [-0.05, 0) is 19.4 Å². The largest absolute Gasteiger partial charge is 0.378 e. The van der Waals surface area contributed by atoms with E-state index in [1.807, 2.05) is 11.0 Å². The molecule has 0 bridgehead atoms. The van der Waals surface area contributed by atoms with Crippen molar-refractivity contribution in [2.24, 2.45) is 5.92 Å². The minimum absolute atomic E-state index is 0.0142. The third-order valence-electron chi connectivity index (χ3n) is 4.76. The van der Waals surface area contributed by atoms with E-state index in [4.69, 9.17) is 4.74 Å². The Labute approximate surface area is 141 Å². The molecular weight excluding hydrogens is 310 g/mol. The Morgan fingerprint density at radius 1 is 1.25 bits per heavy atom. The molecule has 2 fully saturated rings. The number of para-hydroxylation sites is 1. The number of amides is 1. The Kier molecular flexibility index (Phi) is 5.42. The number of likely N-dealkylation sites (tertiary alicyclic amines) is 1. The maximum absolute atomic E-state index is 12.7. The molecule has 7 nitrogen and oxygen atoms in total. The number of hydrogen-bond donors (Lipinski definition) is 0. The third-order valence-corrected chi connectivity index (χ3v) is 4.76. The van der Waals surface area contributed by atoms with Crippen molar-refractivity contribution in [2.75, 3.05) is 39.4 Å². The third kappa shape index (κ3) is 3.91. The predicted molar refractivity (Wildman–Crippen MR) is 88.5 cm³/mol. The van der Waals surface area contributed by atoms with Crippen LogP contribution in [0.4, 0.5) is 5.69 Å². The minimum atomic E-state index is -0.338. The van der Waals surface area contributed by atoms with Gasteiger partial charge >= 0.3 is 0 Å². The highest BCUT2D eigenvalue weighted by Crippen LogP contribution is 2.24. The van der Waals surface area contributed by atoms with Crippen molar-refractivity contribution in [3.05, 3.63) is 39.9 Å². The van der Waals surface area contributed by atoms with E-state index in [-0.39, 0.29) is 22.4 Å². The molecule has 0 aromatic heterocycles. The van der Waals surface area contributed by atoms with Crippen LogP contribution in [0.3, 0.4) is 0 Å². The van der Waals surface area contributed by atoms with Crippen molar-refractivity contribution in [2.45, 2.75) is 19.4 Å². The summed E-state index contributed by atoms with van der Waals surface area (Å²) in [5, 5.41) is 11.2. The van der Waals surface area contributed by atoms with E-state index >= 15 is 0 Å². The van der Waals surface area contributed by atoms with Gasteiger partial charge in [-0.15, -0.1) is 0 Å². The molecule has 3 rings (SSSR count). The van der Waals surface area contributed by atoms with E-state index < -0.39 is 0 Å². The zero-order chi connectivity index (χ0) is 16.9. The van der Waals surface area contributed by atoms with Crippen molar-refractivity contribution in [1.29, 1.82) is 0 Å². The van der Waals surface area contributed by atoms with Gasteiger partial charge in [0.15, 0.2) is 0 Å². The van der Waals surface area contributed by atoms with E-state index in [9.17, 15) is 14.9 Å². The number of benzene rings is 1. The second kappa shape index (κ2) is 7.72. The quantitative estimate of drug-likeness (QED) is 0.619. The molecule has 1 aromatic carbocycles. The molecular formula is C17H23N3O4. The van der Waals surface area contributed by atoms with Crippen LogP contribution in [0.25, 0.3) is 0 Å². The Hall–Kier alpha value is -1.99. The number of hydrogen-bond acceptors (Lipinski definition) is 5. The first-order valence-corrected chi connectivity index (χ1v) is 8.46. The molecule has 2 heterocycles. The smallest absolute Gasteiger partial charge is 0.273 e. The molecule has 2 saturated heterocycles. The molecule has 1 amide bonds. The van der Waals surface area contributed by atoms with Crippen LogP contribution in [0, 0.1) is 16.0 Å². The van der Waals surface area contributed by atoms with Crippen LogP contribution in [-0.4, -0.2) is 60.0 Å². The highest BCUT2D eigenvalue weighted by molar-refractivity contribution is 5.79. The molecule has 2 aliphatic rings. The number of piperidine rings is 1. The Balaban J connectivity index is 1.63. The van der Waals surface area contributed by atoms with Crippen LogP contribution in [0.1, 0.15) is 18.4 Å². The minimum Gasteiger partial charge on any atom is -0.378 e. The topological polar surface area (TPSA) is 75.9 Å². The van der Waals surface area contributed by atoms with Gasteiger partial charge in [-0.25, -0.2) is 0 Å². The van der Waals surface area contributed by atoms with Gasteiger partial charge in [-0.1, -0.05) is 18.2 Å². The molecule has 130 valence electrons. The fourth-order valence-corrected chi connectivity index (χ4v) is 3.51. The van der Waals surface area contributed by atoms with Gasteiger partial charge in [-0.3, -0.25) is 19.8 Å². The molecule has 0 aliphatic carbocycles. The number of morpholine rings is 1. The van der Waals surface area contributed by atoms with E-state index in [1.165, 1.54) is 6.07 Å². The molecule has 0 radical (unpaired) electrons. The normalized spacial score (nSPS) is 22.3. The number of carbonyl (C=O) groups is 1. The number of rotatable bonds is 4. The number of carbonyl (C=O) groups excluding carboxylic acids is 1. The van der Waals surface area contributed by atoms with Crippen molar-refractivity contribution < 1.29 is 14.5 Å². The lowest BCUT2D eigenvalue weighted by atomic mass is 9.95. The Morgan fingerprint density at radius 2 is 2.00 bits per heavy atom. The van der Waals surface area contributed by atoms with E-state index in [0.29, 0.717) is 45.0 Å². The second-order valence-corrected chi connectivity index (χ2v) is 6.40. The molecule has 1 atom stereocenters. The van der Waals surface area contributed by atoms with Gasteiger partial charge in [0.25, 0.3) is 5.69 Å². The molecule has 0 N–H and O–H groups in total. The maximum atomic E-state index is 12.7. The van der Waals surface area contributed by atoms with Crippen LogP contribution in [0.2, 0.25) is 0 Å². The van der Waals surface area contributed by atoms with Crippen LogP contribution in [0.15, 0.2) is 24.3 Å². The highest BCUT2D eigenvalue weighted by Gasteiger charge is 2.30. The fourth-order valence-electron chi connectivity index (χ4n) is 3.51. The summed E-state index contributed by atoms with van der Waals surface area (Å²) < 4.78 is 5.30. The molecule has 2 aliphatic heterocycles. The van der Waals surface area contributed by atoms with E-state index in [1.54, 1.807) is 12.1 Å². The van der Waals surface area contributed by atoms with Crippen molar-refractivity contribution in [1.82, 2.24) is 9.80 Å². The number of nitro groups is 1. The standard InChI is InChI=1S/C17H23N3O4/c21-17(19-8-10-24-11-9-19)15-5-3-7-18(13-15)12-14-4-1-2-6-16(14)20(22)23/h1-2,4,6,15H,3,5,7-13H2. The first-order chi connectivity index (χ1) is 11.6. The highest BCUT2D eigenvalue weighted by atomic mass is 16.6. The fraction of sp³-hybridized carbons (Fsp3) is 0.588. The Bertz CT molecular complexity index is 601. The Morgan fingerprint density at radius 3 is 2.75 bits per heavy atom. The van der Waals surface area contributed by atoms with Crippen molar-refractivity contribution in [3.63, 3.8) is 0 Å². The zero-order valence-electron chi connectivity index (χ0n) is 13.7. The summed E-state index contributed by atoms with van der Waals surface area (Å²) in [5.41, 5.74) is 0.862. The first kappa shape index (κ1) is 16.9. The van der Waals surface area contributed by atoms with Gasteiger partial charge in [0.1, 0.15) is 0 Å². The zero-order valence-corrected chi connectivity index (χ0v) is 13.7. The lowest BCUT2D eigenvalue weighted by Crippen LogP contribution is -2.48. The van der Waals surface area contributed by atoms with E-state index in [2.05, 4.69) is 4.90 Å². The average Bonchev–Trinajstić information content (AvgIpc) is 2.62. The van der Waals surface area contributed by atoms with Crippen LogP contribution >= 0.6 is 0 Å². The van der Waals surface area contributed by atoms with Gasteiger partial charge in [-0.2, -0.15) is 0 Å². The summed E-state index contributed by atoms with van der Waals surface area (Å²) in [6, 6.07) is 6.84. The SMILES string of the molecule is O=C(C1CCCN(Cc2ccccc2[N+](=O)[O-])C1)N1CCOCC1. The number of ether oxygens (including phenoxy) is 1. The molecule has 1 unspecified atom stereocenters. The average molecular weight is 333 g/mol. The van der Waals surface area contributed by atoms with Crippen LogP contribution < -0.4 is 0 Å². The number of nitrogens with zero attached hydrogens (tertiary/aromatic N) is 3. The lowest BCUT2D eigenvalue weighted by Gasteiger charge is -2.36. The van der Waals surface area contributed by atoms with Crippen LogP contribution in [-0.2, 0) is 16.1 Å². The second-order valence-electron chi connectivity index (χ2n) is 6.40. The molecule has 1 aromatic rings. The summed E-state index contributed by atoms with van der Waals surface area (Å²) >= 11 is 0. The van der Waals surface area contributed by atoms with Gasteiger partial charge in [0, 0.05) is 37.8 Å². The van der Waals surface area contributed by atoms with Crippen molar-refractivity contribution in [3.8, 4) is 0 Å². The molecule has 24 heavy (non-hydrogen) atoms. The summed E-state index contributed by atoms with van der Waals surface area (Å²) in [6.07, 6.45) is 1.84. The molecule has 0 saturated carbocycles. The molecule has 7 heteroatoms. The summed E-state index contributed by atoms with van der Waals surface area (Å²) in [6.45, 7) is 4.61. The van der Waals surface area contributed by atoms with Crippen molar-refractivity contribution >= 4 is 11.6 Å². The number of nitro benzene ring substituents is 1. The van der Waals surface area contributed by atoms with Gasteiger partial charge < -0.3 is 9.64 Å². The summed E-state index contributed by atoms with van der Waals surface area (Å²) in [4.78, 5) is 27.5.